The molecule has 0 spiro atoms. The Hall–Kier alpha value is -0.580. The molecule has 0 atom stereocenters. The van der Waals surface area contributed by atoms with Crippen molar-refractivity contribution in [2.45, 2.75) is 31.9 Å². The Morgan fingerprint density at radius 1 is 1.38 bits per heavy atom. The van der Waals surface area contributed by atoms with Crippen molar-refractivity contribution in [3.63, 3.8) is 0 Å². The van der Waals surface area contributed by atoms with Crippen molar-refractivity contribution >= 4 is 15.7 Å². The summed E-state index contributed by atoms with van der Waals surface area (Å²) in [5.41, 5.74) is 0. The average molecular weight is 207 g/mol. The Morgan fingerprint density at radius 3 is 2.15 bits per heavy atom. The van der Waals surface area contributed by atoms with E-state index in [1.54, 1.807) is 0 Å². The van der Waals surface area contributed by atoms with Crippen molar-refractivity contribution in [3.05, 3.63) is 0 Å². The van der Waals surface area contributed by atoms with E-state index in [2.05, 4.69) is 5.32 Å². The molecule has 0 aliphatic heterocycles. The van der Waals surface area contributed by atoms with Crippen LogP contribution in [0.25, 0.3) is 0 Å². The lowest BCUT2D eigenvalue weighted by atomic mass is 10.2. The van der Waals surface area contributed by atoms with Crippen LogP contribution in [0.4, 0.5) is 0 Å². The largest absolute Gasteiger partial charge is 0.355 e. The van der Waals surface area contributed by atoms with Gasteiger partial charge < -0.3 is 5.32 Å². The predicted octanol–water partition coefficient (Wildman–Crippen LogP) is 0.336. The lowest BCUT2D eigenvalue weighted by Gasteiger charge is -2.21. The van der Waals surface area contributed by atoms with Gasteiger partial charge in [-0.05, 0) is 20.3 Å². The molecule has 0 aromatic carbocycles. The highest BCUT2D eigenvalue weighted by Gasteiger charge is 2.37. The maximum atomic E-state index is 11.4. The lowest BCUT2D eigenvalue weighted by molar-refractivity contribution is -0.122. The quantitative estimate of drug-likeness (QED) is 0.723. The highest BCUT2D eigenvalue weighted by Crippen LogP contribution is 2.14. The van der Waals surface area contributed by atoms with E-state index >= 15 is 0 Å². The SMILES string of the molecule is CCCNC(=O)C(C)(C)S(C)(=O)=O. The number of rotatable bonds is 4. The van der Waals surface area contributed by atoms with Crippen molar-refractivity contribution in [2.24, 2.45) is 0 Å². The molecule has 4 nitrogen and oxygen atoms in total. The second-order valence-electron chi connectivity index (χ2n) is 3.54. The molecule has 0 aromatic rings. The maximum absolute atomic E-state index is 11.4. The molecule has 1 N–H and O–H groups in total. The molecule has 0 aliphatic carbocycles. The van der Waals surface area contributed by atoms with Crippen LogP contribution in [0.2, 0.25) is 0 Å². The van der Waals surface area contributed by atoms with Crippen molar-refractivity contribution in [2.75, 3.05) is 12.8 Å². The molecule has 13 heavy (non-hydrogen) atoms. The summed E-state index contributed by atoms with van der Waals surface area (Å²) in [6, 6.07) is 0. The number of hydrogen-bond acceptors (Lipinski definition) is 3. The van der Waals surface area contributed by atoms with E-state index in [1.165, 1.54) is 13.8 Å². The summed E-state index contributed by atoms with van der Waals surface area (Å²) >= 11 is 0. The van der Waals surface area contributed by atoms with E-state index in [-0.39, 0.29) is 0 Å². The molecule has 0 heterocycles. The van der Waals surface area contributed by atoms with Crippen LogP contribution in [0.1, 0.15) is 27.2 Å². The third kappa shape index (κ3) is 2.99. The minimum Gasteiger partial charge on any atom is -0.355 e. The number of hydrogen-bond donors (Lipinski definition) is 1. The van der Waals surface area contributed by atoms with Gasteiger partial charge in [0.1, 0.15) is 4.75 Å². The number of carbonyl (C=O) groups is 1. The highest BCUT2D eigenvalue weighted by atomic mass is 32.2. The van der Waals surface area contributed by atoms with Gasteiger partial charge in [-0.15, -0.1) is 0 Å². The first-order valence-corrected chi connectivity index (χ1v) is 6.10. The van der Waals surface area contributed by atoms with Crippen LogP contribution in [0, 0.1) is 0 Å². The second-order valence-corrected chi connectivity index (χ2v) is 6.10. The van der Waals surface area contributed by atoms with E-state index in [9.17, 15) is 13.2 Å². The minimum atomic E-state index is -3.34. The topological polar surface area (TPSA) is 63.2 Å². The fourth-order valence-electron chi connectivity index (χ4n) is 0.620. The van der Waals surface area contributed by atoms with Crippen LogP contribution in [0.3, 0.4) is 0 Å². The molecule has 0 aliphatic rings. The van der Waals surface area contributed by atoms with Gasteiger partial charge in [0, 0.05) is 12.8 Å². The zero-order valence-electron chi connectivity index (χ0n) is 8.55. The van der Waals surface area contributed by atoms with E-state index in [4.69, 9.17) is 0 Å². The fraction of sp³-hybridized carbons (Fsp3) is 0.875. The molecule has 0 unspecified atom stereocenters. The van der Waals surface area contributed by atoms with Gasteiger partial charge in [-0.2, -0.15) is 0 Å². The van der Waals surface area contributed by atoms with E-state index in [0.29, 0.717) is 6.54 Å². The standard InChI is InChI=1S/C8H17NO3S/c1-5-6-9-7(10)8(2,3)13(4,11)12/h5-6H2,1-4H3,(H,9,10). The van der Waals surface area contributed by atoms with Gasteiger partial charge in [0.05, 0.1) is 0 Å². The van der Waals surface area contributed by atoms with Crippen LogP contribution in [0.5, 0.6) is 0 Å². The molecule has 0 saturated carbocycles. The molecule has 0 fully saturated rings. The van der Waals surface area contributed by atoms with Gasteiger partial charge in [0.15, 0.2) is 9.84 Å². The summed E-state index contributed by atoms with van der Waals surface area (Å²) in [5.74, 6) is -0.433. The van der Waals surface area contributed by atoms with Crippen LogP contribution in [-0.4, -0.2) is 31.9 Å². The average Bonchev–Trinajstić information content (AvgIpc) is 1.97. The molecule has 0 aromatic heterocycles. The molecular formula is C8H17NO3S. The maximum Gasteiger partial charge on any atom is 0.240 e. The molecule has 0 radical (unpaired) electrons. The Bertz CT molecular complexity index is 280. The zero-order chi connectivity index (χ0) is 10.7. The molecule has 0 saturated heterocycles. The first-order valence-electron chi connectivity index (χ1n) is 4.21. The normalized spacial score (nSPS) is 12.6. The second kappa shape index (κ2) is 4.09. The lowest BCUT2D eigenvalue weighted by Crippen LogP contribution is -2.47. The van der Waals surface area contributed by atoms with E-state index in [0.717, 1.165) is 12.7 Å². The van der Waals surface area contributed by atoms with Crippen LogP contribution < -0.4 is 5.32 Å². The van der Waals surface area contributed by atoms with Crippen LogP contribution in [-0.2, 0) is 14.6 Å². The molecule has 78 valence electrons. The Kier molecular flexibility index (Phi) is 3.90. The monoisotopic (exact) mass is 207 g/mol. The summed E-state index contributed by atoms with van der Waals surface area (Å²) in [6.07, 6.45) is 1.87. The first-order chi connectivity index (χ1) is 5.73. The smallest absolute Gasteiger partial charge is 0.240 e. The number of nitrogens with one attached hydrogen (secondary N) is 1. The van der Waals surface area contributed by atoms with Gasteiger partial charge >= 0.3 is 0 Å². The molecule has 5 heteroatoms. The highest BCUT2D eigenvalue weighted by molar-refractivity contribution is 7.92. The Balaban J connectivity index is 4.57. The third-order valence-electron chi connectivity index (χ3n) is 2.01. The molecule has 1 amide bonds. The summed E-state index contributed by atoms with van der Waals surface area (Å²) in [5, 5.41) is 2.56. The van der Waals surface area contributed by atoms with Crippen molar-refractivity contribution in [1.29, 1.82) is 0 Å². The molecule has 0 rings (SSSR count). The summed E-state index contributed by atoms with van der Waals surface area (Å²) in [6.45, 7) is 5.24. The summed E-state index contributed by atoms with van der Waals surface area (Å²) < 4.78 is 21.1. The fourth-order valence-corrected chi connectivity index (χ4v) is 1.03. The van der Waals surface area contributed by atoms with E-state index in [1.807, 2.05) is 6.92 Å². The van der Waals surface area contributed by atoms with Crippen molar-refractivity contribution in [3.8, 4) is 0 Å². The van der Waals surface area contributed by atoms with E-state index < -0.39 is 20.5 Å². The van der Waals surface area contributed by atoms with Crippen molar-refractivity contribution in [1.82, 2.24) is 5.32 Å². The van der Waals surface area contributed by atoms with Gasteiger partial charge in [-0.3, -0.25) is 4.79 Å². The molecular weight excluding hydrogens is 190 g/mol. The third-order valence-corrected chi connectivity index (χ3v) is 4.05. The Labute approximate surface area is 79.6 Å². The van der Waals surface area contributed by atoms with Crippen molar-refractivity contribution < 1.29 is 13.2 Å². The first kappa shape index (κ1) is 12.4. The van der Waals surface area contributed by atoms with Crippen LogP contribution in [0.15, 0.2) is 0 Å². The van der Waals surface area contributed by atoms with Gasteiger partial charge in [-0.1, -0.05) is 6.92 Å². The number of sulfone groups is 1. The Morgan fingerprint density at radius 2 is 1.85 bits per heavy atom. The van der Waals surface area contributed by atoms with Gasteiger partial charge in [0.25, 0.3) is 0 Å². The predicted molar refractivity (Wildman–Crippen MR) is 52.2 cm³/mol. The number of carbonyl (C=O) groups excluding carboxylic acids is 1. The summed E-state index contributed by atoms with van der Waals surface area (Å²) in [7, 11) is -3.34. The molecule has 0 bridgehead atoms. The zero-order valence-corrected chi connectivity index (χ0v) is 9.36. The van der Waals surface area contributed by atoms with Gasteiger partial charge in [-0.25, -0.2) is 8.42 Å². The summed E-state index contributed by atoms with van der Waals surface area (Å²) in [4.78, 5) is 11.4. The van der Waals surface area contributed by atoms with Gasteiger partial charge in [0.2, 0.25) is 5.91 Å². The number of amides is 1. The minimum absolute atomic E-state index is 0.433. The van der Waals surface area contributed by atoms with Crippen LogP contribution >= 0.6 is 0 Å².